The van der Waals surface area contributed by atoms with Crippen molar-refractivity contribution < 1.29 is 4.79 Å². The number of carbonyl (C=O) groups is 1. The molecule has 0 radical (unpaired) electrons. The number of carbonyl (C=O) groups excluding carboxylic acids is 1. The van der Waals surface area contributed by atoms with E-state index in [4.69, 9.17) is 4.98 Å². The van der Waals surface area contributed by atoms with E-state index in [1.807, 2.05) is 20.0 Å². The Hall–Kier alpha value is -1.76. The van der Waals surface area contributed by atoms with Gasteiger partial charge in [0.25, 0.3) is 5.91 Å². The smallest absolute Gasteiger partial charge is 0.267 e. The molecule has 2 aromatic rings. The molecule has 32 heavy (non-hydrogen) atoms. The van der Waals surface area contributed by atoms with Crippen LogP contribution >= 0.6 is 15.9 Å². The van der Waals surface area contributed by atoms with Crippen molar-refractivity contribution in [3.63, 3.8) is 0 Å². The second-order valence-electron chi connectivity index (χ2n) is 11.4. The Bertz CT molecular complexity index is 1130. The minimum absolute atomic E-state index is 0.155. The summed E-state index contributed by atoms with van der Waals surface area (Å²) in [5.41, 5.74) is 7.54. The molecular formula is C25H32BrN5O. The van der Waals surface area contributed by atoms with Crippen LogP contribution in [0.1, 0.15) is 92.4 Å². The minimum atomic E-state index is -0.155. The molecule has 2 atom stereocenters. The predicted molar refractivity (Wildman–Crippen MR) is 129 cm³/mol. The summed E-state index contributed by atoms with van der Waals surface area (Å²) in [6.45, 7) is 4.02. The van der Waals surface area contributed by atoms with Gasteiger partial charge in [-0.1, -0.05) is 15.9 Å². The van der Waals surface area contributed by atoms with E-state index in [1.54, 1.807) is 4.68 Å². The molecule has 0 aromatic carbocycles. The number of fused-ring (bicyclic) bond motifs is 1. The molecule has 5 aliphatic rings. The molecule has 0 spiro atoms. The van der Waals surface area contributed by atoms with Crippen LogP contribution in [-0.4, -0.2) is 30.7 Å². The van der Waals surface area contributed by atoms with Crippen molar-refractivity contribution in [2.75, 3.05) is 0 Å². The van der Waals surface area contributed by atoms with Crippen LogP contribution in [0.2, 0.25) is 0 Å². The first-order valence-electron chi connectivity index (χ1n) is 12.1. The highest BCUT2D eigenvalue weighted by atomic mass is 79.9. The van der Waals surface area contributed by atoms with E-state index in [9.17, 15) is 4.79 Å². The van der Waals surface area contributed by atoms with Crippen LogP contribution in [0.5, 0.6) is 0 Å². The lowest BCUT2D eigenvalue weighted by molar-refractivity contribution is -0.0303. The number of rotatable bonds is 5. The number of aromatic nitrogens is 3. The number of hydrazone groups is 1. The Kier molecular flexibility index (Phi) is 4.63. The predicted octanol–water partition coefficient (Wildman–Crippen LogP) is 5.38. The highest BCUT2D eigenvalue weighted by molar-refractivity contribution is 9.10. The number of halogens is 1. The summed E-state index contributed by atoms with van der Waals surface area (Å²) >= 11 is 4.11. The number of amides is 1. The maximum absolute atomic E-state index is 13.2. The third-order valence-corrected chi connectivity index (χ3v) is 9.25. The number of nitrogens with one attached hydrogen (secondary N) is 1. The Morgan fingerprint density at radius 1 is 1.28 bits per heavy atom. The topological polar surface area (TPSA) is 72.2 Å². The lowest BCUT2D eigenvalue weighted by Gasteiger charge is -2.60. The first-order valence-corrected chi connectivity index (χ1v) is 12.9. The van der Waals surface area contributed by atoms with Crippen molar-refractivity contribution in [1.82, 2.24) is 20.2 Å². The van der Waals surface area contributed by atoms with E-state index in [-0.39, 0.29) is 5.91 Å². The van der Waals surface area contributed by atoms with Crippen LogP contribution in [0.25, 0.3) is 11.0 Å². The SMILES string of the molecule is C/C(CC12CC3CC(CC(Br)(C3)C1)C2)=N/NC(=O)c1cc(C2CC2)nc2c1c(C)nn2C. The zero-order chi connectivity index (χ0) is 22.3. The molecule has 1 N–H and O–H groups in total. The van der Waals surface area contributed by atoms with Gasteiger partial charge < -0.3 is 0 Å². The van der Waals surface area contributed by atoms with Crippen LogP contribution < -0.4 is 5.43 Å². The fraction of sp³-hybridized carbons (Fsp3) is 0.680. The third-order valence-electron chi connectivity index (χ3n) is 8.32. The zero-order valence-corrected chi connectivity index (χ0v) is 20.8. The molecule has 0 aliphatic heterocycles. The van der Waals surface area contributed by atoms with Gasteiger partial charge in [0, 0.05) is 28.7 Å². The quantitative estimate of drug-likeness (QED) is 0.342. The van der Waals surface area contributed by atoms with Gasteiger partial charge in [-0.2, -0.15) is 10.2 Å². The molecular weight excluding hydrogens is 466 g/mol. The number of hydrogen-bond donors (Lipinski definition) is 1. The van der Waals surface area contributed by atoms with Gasteiger partial charge in [-0.25, -0.2) is 10.4 Å². The van der Waals surface area contributed by atoms with Gasteiger partial charge in [0.05, 0.1) is 16.6 Å². The lowest BCUT2D eigenvalue weighted by Crippen LogP contribution is -2.53. The fourth-order valence-corrected chi connectivity index (χ4v) is 9.07. The average Bonchev–Trinajstić information content (AvgIpc) is 3.50. The molecule has 5 fully saturated rings. The third kappa shape index (κ3) is 3.51. The van der Waals surface area contributed by atoms with Crippen molar-refractivity contribution in [3.8, 4) is 0 Å². The van der Waals surface area contributed by atoms with Crippen molar-refractivity contribution in [2.45, 2.75) is 81.9 Å². The van der Waals surface area contributed by atoms with Crippen molar-refractivity contribution in [2.24, 2.45) is 29.4 Å². The maximum atomic E-state index is 13.2. The molecule has 2 heterocycles. The van der Waals surface area contributed by atoms with E-state index in [0.717, 1.165) is 59.2 Å². The summed E-state index contributed by atoms with van der Waals surface area (Å²) < 4.78 is 2.13. The molecule has 170 valence electrons. The van der Waals surface area contributed by atoms with Gasteiger partial charge in [-0.15, -0.1) is 0 Å². The van der Waals surface area contributed by atoms with Gasteiger partial charge in [0.2, 0.25) is 0 Å². The molecule has 0 saturated heterocycles. The molecule has 7 heteroatoms. The first-order chi connectivity index (χ1) is 15.2. The van der Waals surface area contributed by atoms with Crippen LogP contribution in [0.4, 0.5) is 0 Å². The first kappa shape index (κ1) is 20.8. The van der Waals surface area contributed by atoms with Crippen LogP contribution in [0, 0.1) is 24.2 Å². The van der Waals surface area contributed by atoms with Crippen molar-refractivity contribution in [1.29, 1.82) is 0 Å². The van der Waals surface area contributed by atoms with E-state index < -0.39 is 0 Å². The second kappa shape index (κ2) is 7.12. The average molecular weight is 498 g/mol. The molecule has 7 rings (SSSR count). The summed E-state index contributed by atoms with van der Waals surface area (Å²) in [4.78, 5) is 18.0. The summed E-state index contributed by atoms with van der Waals surface area (Å²) in [5, 5.41) is 9.94. The Balaban J connectivity index is 1.23. The molecule has 2 unspecified atom stereocenters. The normalized spacial score (nSPS) is 33.8. The monoisotopic (exact) mass is 497 g/mol. The number of nitrogens with zero attached hydrogens (tertiary/aromatic N) is 4. The molecule has 4 bridgehead atoms. The zero-order valence-electron chi connectivity index (χ0n) is 19.2. The Morgan fingerprint density at radius 2 is 2.00 bits per heavy atom. The molecule has 2 aromatic heterocycles. The highest BCUT2D eigenvalue weighted by Gasteiger charge is 2.56. The van der Waals surface area contributed by atoms with Gasteiger partial charge in [0.15, 0.2) is 5.65 Å². The summed E-state index contributed by atoms with van der Waals surface area (Å²) in [6, 6.07) is 1.96. The standard InChI is InChI=1S/C25H32BrN5O/c1-14(8-24-9-16-6-17(10-24)12-25(26,11-16)13-24)28-29-23(32)19-7-20(18-4-5-18)27-22-21(19)15(2)30-31(22)3/h7,16-18H,4-6,8-13H2,1-3H3,(H,29,32)/b28-14-. The van der Waals surface area contributed by atoms with Crippen molar-refractivity contribution >= 4 is 38.6 Å². The van der Waals surface area contributed by atoms with Gasteiger partial charge >= 0.3 is 0 Å². The molecule has 5 saturated carbocycles. The van der Waals surface area contributed by atoms with Gasteiger partial charge in [-0.05, 0) is 95.0 Å². The maximum Gasteiger partial charge on any atom is 0.272 e. The fourth-order valence-electron chi connectivity index (χ4n) is 7.56. The minimum Gasteiger partial charge on any atom is -0.267 e. The highest BCUT2D eigenvalue weighted by Crippen LogP contribution is 2.65. The van der Waals surface area contributed by atoms with E-state index in [2.05, 4.69) is 38.5 Å². The Morgan fingerprint density at radius 3 is 2.66 bits per heavy atom. The van der Waals surface area contributed by atoms with E-state index >= 15 is 0 Å². The van der Waals surface area contributed by atoms with E-state index in [1.165, 1.54) is 38.5 Å². The number of alkyl halides is 1. The number of hydrogen-bond acceptors (Lipinski definition) is 4. The van der Waals surface area contributed by atoms with Gasteiger partial charge in [0.1, 0.15) is 0 Å². The summed E-state index contributed by atoms with van der Waals surface area (Å²) in [5.74, 6) is 2.03. The Labute approximate surface area is 197 Å². The van der Waals surface area contributed by atoms with Gasteiger partial charge in [-0.3, -0.25) is 9.48 Å². The van der Waals surface area contributed by atoms with Crippen molar-refractivity contribution in [3.05, 3.63) is 23.0 Å². The van der Waals surface area contributed by atoms with Crippen LogP contribution in [-0.2, 0) is 7.05 Å². The molecule has 5 aliphatic carbocycles. The van der Waals surface area contributed by atoms with E-state index in [0.29, 0.717) is 21.2 Å². The lowest BCUT2D eigenvalue weighted by atomic mass is 9.48. The molecule has 6 nitrogen and oxygen atoms in total. The van der Waals surface area contributed by atoms with Crippen LogP contribution in [0.3, 0.4) is 0 Å². The number of pyridine rings is 1. The largest absolute Gasteiger partial charge is 0.272 e. The summed E-state index contributed by atoms with van der Waals surface area (Å²) in [7, 11) is 1.89. The summed E-state index contributed by atoms with van der Waals surface area (Å²) in [6.07, 6.45) is 11.3. The number of aryl methyl sites for hydroxylation is 2. The van der Waals surface area contributed by atoms with Crippen LogP contribution in [0.15, 0.2) is 11.2 Å². The second-order valence-corrected chi connectivity index (χ2v) is 13.0. The molecule has 1 amide bonds.